The highest BCUT2D eigenvalue weighted by atomic mass is 16.6. The van der Waals surface area contributed by atoms with E-state index in [-0.39, 0.29) is 41.4 Å². The zero-order valence-electron chi connectivity index (χ0n) is 23.3. The molecular formula is C29H45N3O6. The van der Waals surface area contributed by atoms with E-state index in [0.717, 1.165) is 57.8 Å². The van der Waals surface area contributed by atoms with E-state index in [1.807, 2.05) is 20.8 Å². The fourth-order valence-corrected chi connectivity index (χ4v) is 5.51. The maximum Gasteiger partial charge on any atom is 0.410 e. The summed E-state index contributed by atoms with van der Waals surface area (Å²) in [6.07, 6.45) is 11.1. The van der Waals surface area contributed by atoms with E-state index in [0.29, 0.717) is 44.9 Å². The predicted octanol–water partition coefficient (Wildman–Crippen LogP) is 4.00. The van der Waals surface area contributed by atoms with Crippen molar-refractivity contribution in [3.63, 3.8) is 0 Å². The van der Waals surface area contributed by atoms with E-state index in [1.54, 1.807) is 4.90 Å². The minimum atomic E-state index is -0.494. The van der Waals surface area contributed by atoms with Crippen molar-refractivity contribution in [1.29, 1.82) is 0 Å². The van der Waals surface area contributed by atoms with Gasteiger partial charge in [-0.1, -0.05) is 6.42 Å². The van der Waals surface area contributed by atoms with Gasteiger partial charge in [0, 0.05) is 57.1 Å². The molecule has 38 heavy (non-hydrogen) atoms. The lowest BCUT2D eigenvalue weighted by atomic mass is 9.81. The van der Waals surface area contributed by atoms with Crippen LogP contribution in [0.5, 0.6) is 0 Å². The van der Waals surface area contributed by atoms with E-state index in [1.165, 1.54) is 17.1 Å². The largest absolute Gasteiger partial charge is 0.444 e. The first-order valence-corrected chi connectivity index (χ1v) is 14.3. The summed E-state index contributed by atoms with van der Waals surface area (Å²) >= 11 is 0. The second kappa shape index (κ2) is 13.9. The van der Waals surface area contributed by atoms with Crippen LogP contribution >= 0.6 is 0 Å². The number of likely N-dealkylation sites (tertiary alicyclic amines) is 1. The first-order chi connectivity index (χ1) is 18.0. The van der Waals surface area contributed by atoms with E-state index >= 15 is 0 Å². The van der Waals surface area contributed by atoms with Gasteiger partial charge >= 0.3 is 6.09 Å². The number of unbranched alkanes of at least 4 members (excludes halogenated alkanes) is 2. The van der Waals surface area contributed by atoms with Gasteiger partial charge in [-0.3, -0.25) is 24.1 Å². The SMILES string of the molecule is CC(C)(C)OC(=O)N1CC[C@@H](CCC(=O)CCCCCNC(=O)C2CCC(CN3C(=O)C=CC3=O)CC2)C1. The number of ketones is 1. The lowest BCUT2D eigenvalue weighted by Crippen LogP contribution is -2.38. The Bertz CT molecular complexity index is 882. The second-order valence-corrected chi connectivity index (χ2v) is 12.1. The van der Waals surface area contributed by atoms with Crippen LogP contribution in [-0.4, -0.2) is 71.2 Å². The predicted molar refractivity (Wildman–Crippen MR) is 143 cm³/mol. The fourth-order valence-electron chi connectivity index (χ4n) is 5.51. The number of Topliss-reactive ketones (excluding diaryl/α,β-unsaturated/α-hetero) is 1. The first-order valence-electron chi connectivity index (χ1n) is 14.3. The van der Waals surface area contributed by atoms with Crippen molar-refractivity contribution in [2.24, 2.45) is 17.8 Å². The Labute approximate surface area is 226 Å². The van der Waals surface area contributed by atoms with Gasteiger partial charge in [-0.25, -0.2) is 4.79 Å². The molecule has 1 aliphatic carbocycles. The van der Waals surface area contributed by atoms with E-state index in [4.69, 9.17) is 4.74 Å². The highest BCUT2D eigenvalue weighted by Gasteiger charge is 2.32. The topological polar surface area (TPSA) is 113 Å². The molecule has 0 aromatic carbocycles. The van der Waals surface area contributed by atoms with E-state index < -0.39 is 5.60 Å². The third kappa shape index (κ3) is 9.55. The van der Waals surface area contributed by atoms with Gasteiger partial charge in [-0.05, 0) is 84.0 Å². The van der Waals surface area contributed by atoms with Crippen molar-refractivity contribution in [3.8, 4) is 0 Å². The van der Waals surface area contributed by atoms with Gasteiger partial charge in [0.25, 0.3) is 11.8 Å². The van der Waals surface area contributed by atoms with Gasteiger partial charge < -0.3 is 15.0 Å². The van der Waals surface area contributed by atoms with Crippen molar-refractivity contribution in [2.45, 2.75) is 97.0 Å². The molecule has 1 saturated carbocycles. The van der Waals surface area contributed by atoms with Crippen molar-refractivity contribution < 1.29 is 28.7 Å². The van der Waals surface area contributed by atoms with E-state index in [9.17, 15) is 24.0 Å². The Balaban J connectivity index is 1.18. The summed E-state index contributed by atoms with van der Waals surface area (Å²) in [5, 5.41) is 3.04. The minimum absolute atomic E-state index is 0.00207. The molecule has 4 amide bonds. The number of imide groups is 1. The molecule has 2 heterocycles. The summed E-state index contributed by atoms with van der Waals surface area (Å²) in [6, 6.07) is 0. The minimum Gasteiger partial charge on any atom is -0.444 e. The Morgan fingerprint density at radius 1 is 0.921 bits per heavy atom. The Morgan fingerprint density at radius 2 is 1.61 bits per heavy atom. The number of carbonyl (C=O) groups is 5. The molecular weight excluding hydrogens is 486 g/mol. The van der Waals surface area contributed by atoms with Gasteiger partial charge in [0.1, 0.15) is 11.4 Å². The molecule has 1 atom stereocenters. The van der Waals surface area contributed by atoms with Gasteiger partial charge in [0.2, 0.25) is 5.91 Å². The Kier molecular flexibility index (Phi) is 10.9. The molecule has 0 unspecified atom stereocenters. The number of hydrogen-bond acceptors (Lipinski definition) is 6. The molecule has 0 aromatic rings. The van der Waals surface area contributed by atoms with Crippen LogP contribution in [0.3, 0.4) is 0 Å². The number of carbonyl (C=O) groups excluding carboxylic acids is 5. The molecule has 2 fully saturated rings. The summed E-state index contributed by atoms with van der Waals surface area (Å²) < 4.78 is 5.43. The van der Waals surface area contributed by atoms with E-state index in [2.05, 4.69) is 5.32 Å². The summed E-state index contributed by atoms with van der Waals surface area (Å²) in [5.41, 5.74) is -0.494. The molecule has 1 saturated heterocycles. The summed E-state index contributed by atoms with van der Waals surface area (Å²) in [7, 11) is 0. The van der Waals surface area contributed by atoms with Gasteiger partial charge in [0.15, 0.2) is 0 Å². The maximum absolute atomic E-state index is 12.5. The monoisotopic (exact) mass is 531 g/mol. The fraction of sp³-hybridized carbons (Fsp3) is 0.759. The van der Waals surface area contributed by atoms with Crippen LogP contribution in [0.1, 0.15) is 91.4 Å². The molecule has 0 aromatic heterocycles. The number of ether oxygens (including phenoxy) is 1. The smallest absolute Gasteiger partial charge is 0.410 e. The quantitative estimate of drug-likeness (QED) is 0.301. The average molecular weight is 532 g/mol. The zero-order chi connectivity index (χ0) is 27.7. The summed E-state index contributed by atoms with van der Waals surface area (Å²) in [6.45, 7) is 8.02. The van der Waals surface area contributed by atoms with Crippen molar-refractivity contribution in [1.82, 2.24) is 15.1 Å². The number of nitrogens with one attached hydrogen (secondary N) is 1. The maximum atomic E-state index is 12.5. The van der Waals surface area contributed by atoms with Crippen LogP contribution in [0, 0.1) is 17.8 Å². The first kappa shape index (κ1) is 29.8. The summed E-state index contributed by atoms with van der Waals surface area (Å²) in [5.74, 6) is 0.508. The molecule has 2 aliphatic heterocycles. The number of hydrogen-bond donors (Lipinski definition) is 1. The average Bonchev–Trinajstić information content (AvgIpc) is 3.46. The van der Waals surface area contributed by atoms with Crippen LogP contribution in [0.4, 0.5) is 4.79 Å². The van der Waals surface area contributed by atoms with Gasteiger partial charge in [-0.2, -0.15) is 0 Å². The molecule has 1 N–H and O–H groups in total. The van der Waals surface area contributed by atoms with Crippen molar-refractivity contribution in [3.05, 3.63) is 12.2 Å². The lowest BCUT2D eigenvalue weighted by Gasteiger charge is -2.30. The van der Waals surface area contributed by atoms with Crippen molar-refractivity contribution in [2.75, 3.05) is 26.2 Å². The second-order valence-electron chi connectivity index (χ2n) is 12.1. The molecule has 3 rings (SSSR count). The third-order valence-corrected chi connectivity index (χ3v) is 7.76. The number of nitrogens with zero attached hydrogens (tertiary/aromatic N) is 2. The number of rotatable bonds is 12. The van der Waals surface area contributed by atoms with Crippen LogP contribution in [0.15, 0.2) is 12.2 Å². The molecule has 0 radical (unpaired) electrons. The number of amides is 4. The summed E-state index contributed by atoms with van der Waals surface area (Å²) in [4.78, 5) is 63.5. The molecule has 212 valence electrons. The van der Waals surface area contributed by atoms with Crippen molar-refractivity contribution >= 4 is 29.6 Å². The highest BCUT2D eigenvalue weighted by molar-refractivity contribution is 6.12. The van der Waals surface area contributed by atoms with Crippen LogP contribution in [0.25, 0.3) is 0 Å². The molecule has 9 heteroatoms. The standard InChI is InChI=1S/C29H45N3O6/c1-29(2,3)38-28(37)31-18-16-22(19-31)10-13-24(33)7-5-4-6-17-30-27(36)23-11-8-21(9-12-23)20-32-25(34)14-15-26(32)35/h14-15,21-23H,4-13,16-20H2,1-3H3,(H,30,36)/t21?,22-,23?/m1/s1. The molecule has 3 aliphatic rings. The zero-order valence-corrected chi connectivity index (χ0v) is 23.3. The van der Waals surface area contributed by atoms with Gasteiger partial charge in [-0.15, -0.1) is 0 Å². The van der Waals surface area contributed by atoms with Crippen LogP contribution < -0.4 is 5.32 Å². The molecule has 9 nitrogen and oxygen atoms in total. The molecule has 0 spiro atoms. The lowest BCUT2D eigenvalue weighted by molar-refractivity contribution is -0.138. The molecule has 0 bridgehead atoms. The van der Waals surface area contributed by atoms with Crippen LogP contribution in [-0.2, 0) is 23.9 Å². The van der Waals surface area contributed by atoms with Crippen LogP contribution in [0.2, 0.25) is 0 Å². The third-order valence-electron chi connectivity index (χ3n) is 7.76. The normalized spacial score (nSPS) is 23.7. The highest BCUT2D eigenvalue weighted by Crippen LogP contribution is 2.30. The Hall–Kier alpha value is -2.71. The van der Waals surface area contributed by atoms with Gasteiger partial charge in [0.05, 0.1) is 0 Å². The Morgan fingerprint density at radius 3 is 2.26 bits per heavy atom.